The molecule has 29 heavy (non-hydrogen) atoms. The fraction of sp³-hybridized carbons (Fsp3) is 0.296. The minimum atomic E-state index is 0.404. The average molecular weight is 386 g/mol. The second-order valence-electron chi connectivity index (χ2n) is 8.23. The van der Waals surface area contributed by atoms with E-state index in [0.29, 0.717) is 11.8 Å². The van der Waals surface area contributed by atoms with E-state index in [1.54, 1.807) is 0 Å². The molecule has 1 aromatic heterocycles. The van der Waals surface area contributed by atoms with E-state index in [4.69, 9.17) is 0 Å². The molecule has 3 rings (SSSR count). The van der Waals surface area contributed by atoms with Gasteiger partial charge in [-0.1, -0.05) is 64.6 Å². The van der Waals surface area contributed by atoms with Crippen molar-refractivity contribution in [1.29, 1.82) is 0 Å². The molecule has 2 aromatic carbocycles. The molecule has 0 N–H and O–H groups in total. The van der Waals surface area contributed by atoms with E-state index < -0.39 is 0 Å². The molecular formula is C27H33N2+. The first-order valence-electron chi connectivity index (χ1n) is 10.5. The van der Waals surface area contributed by atoms with Gasteiger partial charge >= 0.3 is 0 Å². The third kappa shape index (κ3) is 3.98. The van der Waals surface area contributed by atoms with Crippen LogP contribution in [0.25, 0.3) is 22.6 Å². The topological polar surface area (TPSA) is 8.81 Å². The molecule has 150 valence electrons. The van der Waals surface area contributed by atoms with Crippen LogP contribution in [0.15, 0.2) is 73.6 Å². The van der Waals surface area contributed by atoms with Gasteiger partial charge in [0.2, 0.25) is 0 Å². The zero-order chi connectivity index (χ0) is 21.1. The number of hydrogen-bond donors (Lipinski definition) is 0. The highest BCUT2D eigenvalue weighted by Crippen LogP contribution is 2.36. The highest BCUT2D eigenvalue weighted by atomic mass is 15.1. The van der Waals surface area contributed by atoms with E-state index in [0.717, 1.165) is 0 Å². The van der Waals surface area contributed by atoms with E-state index in [1.807, 2.05) is 6.08 Å². The van der Waals surface area contributed by atoms with Crippen LogP contribution in [0.5, 0.6) is 0 Å². The number of hydrogen-bond acceptors (Lipinski definition) is 0. The Labute approximate surface area is 175 Å². The largest absolute Gasteiger partial charge is 0.293 e. The van der Waals surface area contributed by atoms with Crippen molar-refractivity contribution in [2.24, 2.45) is 7.05 Å². The van der Waals surface area contributed by atoms with Gasteiger partial charge in [0.05, 0.1) is 12.6 Å². The van der Waals surface area contributed by atoms with Crippen molar-refractivity contribution < 1.29 is 4.57 Å². The Bertz CT molecular complexity index is 1000. The number of aryl methyl sites for hydroxylation is 1. The zero-order valence-corrected chi connectivity index (χ0v) is 18.6. The van der Waals surface area contributed by atoms with Gasteiger partial charge in [0, 0.05) is 11.1 Å². The highest BCUT2D eigenvalue weighted by Gasteiger charge is 2.26. The fourth-order valence-electron chi connectivity index (χ4n) is 4.00. The second-order valence-corrected chi connectivity index (χ2v) is 8.23. The van der Waals surface area contributed by atoms with Crippen LogP contribution in [0.1, 0.15) is 63.1 Å². The molecule has 0 saturated heterocycles. The molecule has 0 radical (unpaired) electrons. The normalized spacial score (nSPS) is 12.1. The van der Waals surface area contributed by atoms with Crippen LogP contribution < -0.4 is 4.57 Å². The van der Waals surface area contributed by atoms with Gasteiger partial charge in [0.15, 0.2) is 0 Å². The Balaban J connectivity index is 2.38. The van der Waals surface area contributed by atoms with Crippen molar-refractivity contribution in [1.82, 2.24) is 4.57 Å². The van der Waals surface area contributed by atoms with Crippen molar-refractivity contribution in [2.75, 3.05) is 0 Å². The van der Waals surface area contributed by atoms with Gasteiger partial charge in [0.25, 0.3) is 5.82 Å². The van der Waals surface area contributed by atoms with Gasteiger partial charge < -0.3 is 0 Å². The highest BCUT2D eigenvalue weighted by molar-refractivity contribution is 5.76. The maximum absolute atomic E-state index is 4.02. The van der Waals surface area contributed by atoms with Gasteiger partial charge in [-0.15, -0.1) is 0 Å². The minimum Gasteiger partial charge on any atom is -0.232 e. The number of aromatic nitrogens is 2. The molecule has 0 spiro atoms. The molecule has 2 nitrogen and oxygen atoms in total. The van der Waals surface area contributed by atoms with Gasteiger partial charge in [-0.25, -0.2) is 4.57 Å². The first-order chi connectivity index (χ1) is 13.9. The lowest BCUT2D eigenvalue weighted by molar-refractivity contribution is -0.659. The van der Waals surface area contributed by atoms with Crippen LogP contribution in [-0.4, -0.2) is 4.57 Å². The summed E-state index contributed by atoms with van der Waals surface area (Å²) in [7, 11) is 2.12. The van der Waals surface area contributed by atoms with Gasteiger partial charge in [-0.05, 0) is 54.2 Å². The standard InChI is InChI=1S/C27H33N2/c1-8-21(9-2)23-17-24(19(3)4)26(25(18-23)20(5)6)29-16-15-28(7)27(29)22-13-11-10-12-14-22/h8-20H,1H2,2-7H3/q+1/b21-9+. The molecule has 3 aromatic rings. The molecular weight excluding hydrogens is 352 g/mol. The summed E-state index contributed by atoms with van der Waals surface area (Å²) in [5.74, 6) is 2.00. The SMILES string of the molecule is C=C/C(=C\C)c1cc(C(C)C)c(-n2cc[n+](C)c2-c2ccccc2)c(C(C)C)c1. The lowest BCUT2D eigenvalue weighted by atomic mass is 9.88. The summed E-state index contributed by atoms with van der Waals surface area (Å²) >= 11 is 0. The summed E-state index contributed by atoms with van der Waals surface area (Å²) in [4.78, 5) is 0. The molecule has 0 aliphatic rings. The zero-order valence-electron chi connectivity index (χ0n) is 18.6. The lowest BCUT2D eigenvalue weighted by Gasteiger charge is -2.20. The van der Waals surface area contributed by atoms with Crippen LogP contribution in [0, 0.1) is 0 Å². The van der Waals surface area contributed by atoms with Crippen LogP contribution in [0.4, 0.5) is 0 Å². The van der Waals surface area contributed by atoms with Crippen molar-refractivity contribution >= 4 is 5.57 Å². The van der Waals surface area contributed by atoms with Crippen molar-refractivity contribution in [3.8, 4) is 17.1 Å². The van der Waals surface area contributed by atoms with E-state index in [9.17, 15) is 0 Å². The molecule has 0 atom stereocenters. The molecule has 0 fully saturated rings. The van der Waals surface area contributed by atoms with E-state index in [-0.39, 0.29) is 0 Å². The van der Waals surface area contributed by atoms with Gasteiger partial charge in [-0.2, -0.15) is 4.57 Å². The number of benzene rings is 2. The van der Waals surface area contributed by atoms with Gasteiger partial charge in [-0.3, -0.25) is 0 Å². The molecule has 0 bridgehead atoms. The van der Waals surface area contributed by atoms with E-state index >= 15 is 0 Å². The van der Waals surface area contributed by atoms with Crippen LogP contribution in [-0.2, 0) is 7.05 Å². The summed E-state index contributed by atoms with van der Waals surface area (Å²) in [5.41, 5.74) is 7.67. The summed E-state index contributed by atoms with van der Waals surface area (Å²) in [5, 5.41) is 0. The summed E-state index contributed by atoms with van der Waals surface area (Å²) in [6.07, 6.45) is 8.43. The Morgan fingerprint density at radius 3 is 2.07 bits per heavy atom. The van der Waals surface area contributed by atoms with Crippen molar-refractivity contribution in [3.63, 3.8) is 0 Å². The first-order valence-corrected chi connectivity index (χ1v) is 10.5. The Kier molecular flexibility index (Phi) is 6.22. The molecule has 0 saturated carbocycles. The quantitative estimate of drug-likeness (QED) is 0.326. The average Bonchev–Trinajstić information content (AvgIpc) is 3.09. The fourth-order valence-corrected chi connectivity index (χ4v) is 4.00. The van der Waals surface area contributed by atoms with E-state index in [2.05, 4.69) is 118 Å². The Morgan fingerprint density at radius 2 is 1.59 bits per heavy atom. The number of rotatable bonds is 6. The van der Waals surface area contributed by atoms with Crippen molar-refractivity contribution in [2.45, 2.75) is 46.5 Å². The number of allylic oxidation sites excluding steroid dienone is 3. The second kappa shape index (κ2) is 8.65. The smallest absolute Gasteiger partial charge is 0.232 e. The third-order valence-electron chi connectivity index (χ3n) is 5.55. The molecule has 0 aliphatic heterocycles. The maximum Gasteiger partial charge on any atom is 0.293 e. The molecule has 0 unspecified atom stereocenters. The first kappa shape index (κ1) is 20.9. The van der Waals surface area contributed by atoms with E-state index in [1.165, 1.54) is 39.3 Å². The maximum atomic E-state index is 4.02. The van der Waals surface area contributed by atoms with Crippen LogP contribution in [0.2, 0.25) is 0 Å². The van der Waals surface area contributed by atoms with Gasteiger partial charge in [0.1, 0.15) is 18.1 Å². The molecule has 0 aliphatic carbocycles. The monoisotopic (exact) mass is 385 g/mol. The Morgan fingerprint density at radius 1 is 1.00 bits per heavy atom. The Hall–Kier alpha value is -2.87. The molecule has 1 heterocycles. The summed E-state index contributed by atoms with van der Waals surface area (Å²) < 4.78 is 4.57. The lowest BCUT2D eigenvalue weighted by Crippen LogP contribution is -2.29. The number of imidazole rings is 1. The summed E-state index contributed by atoms with van der Waals surface area (Å²) in [6, 6.07) is 15.3. The molecule has 2 heteroatoms. The van der Waals surface area contributed by atoms with Crippen molar-refractivity contribution in [3.05, 3.63) is 90.3 Å². The van der Waals surface area contributed by atoms with Crippen LogP contribution >= 0.6 is 0 Å². The predicted octanol–water partition coefficient (Wildman–Crippen LogP) is 6.80. The number of nitrogens with zero attached hydrogens (tertiary/aromatic N) is 2. The summed E-state index contributed by atoms with van der Waals surface area (Å²) in [6.45, 7) is 15.2. The minimum absolute atomic E-state index is 0.404. The molecule has 0 amide bonds. The van der Waals surface area contributed by atoms with Crippen LogP contribution in [0.3, 0.4) is 0 Å². The predicted molar refractivity (Wildman–Crippen MR) is 124 cm³/mol. The third-order valence-corrected chi connectivity index (χ3v) is 5.55.